The van der Waals surface area contributed by atoms with E-state index in [0.717, 1.165) is 30.4 Å². The summed E-state index contributed by atoms with van der Waals surface area (Å²) in [5, 5.41) is 61.3. The maximum Gasteiger partial charge on any atom is 0.311 e. The molecule has 74 heavy (non-hydrogen) atoms. The van der Waals surface area contributed by atoms with Gasteiger partial charge >= 0.3 is 5.97 Å². The van der Waals surface area contributed by atoms with Crippen molar-refractivity contribution in [3.63, 3.8) is 0 Å². The highest BCUT2D eigenvalue weighted by atomic mass is 16.7. The number of likely N-dealkylation sites (N-methyl/N-ethyl adjacent to an activating group) is 2. The number of nitrogens with zero attached hydrogens (tertiary/aromatic N) is 5. The Morgan fingerprint density at radius 1 is 0.932 bits per heavy atom. The van der Waals surface area contributed by atoms with E-state index in [1.807, 2.05) is 44.7 Å². The Hall–Kier alpha value is -3.41. The molecule has 0 radical (unpaired) electrons. The van der Waals surface area contributed by atoms with Gasteiger partial charge in [0.25, 0.3) is 0 Å². The minimum atomic E-state index is -1.84. The number of carbonyl (C=O) groups excluding carboxylic acids is 1. The molecule has 0 spiro atoms. The molecule has 19 heteroatoms. The Kier molecular flexibility index (Phi) is 22.2. The normalized spacial score (nSPS) is 38.5. The summed E-state index contributed by atoms with van der Waals surface area (Å²) in [6.07, 6.45) is 1.02. The molecular weight excluding hydrogens is 951 g/mol. The Morgan fingerprint density at radius 3 is 2.23 bits per heavy atom. The third-order valence-electron chi connectivity index (χ3n) is 16.2. The van der Waals surface area contributed by atoms with Gasteiger partial charge in [-0.05, 0) is 118 Å². The molecule has 3 aliphatic heterocycles. The number of benzene rings is 1. The van der Waals surface area contributed by atoms with Gasteiger partial charge in [-0.25, -0.2) is 15.8 Å². The van der Waals surface area contributed by atoms with Crippen LogP contribution in [0.3, 0.4) is 0 Å². The Labute approximate surface area is 440 Å². The highest BCUT2D eigenvalue weighted by Gasteiger charge is 2.53. The first-order valence-corrected chi connectivity index (χ1v) is 26.8. The molecule has 5 rings (SSSR count). The molecule has 420 valence electrons. The number of aliphatic hydroxyl groups excluding tert-OH is 3. The van der Waals surface area contributed by atoms with Crippen molar-refractivity contribution in [3.05, 3.63) is 60.4 Å². The number of carbonyl (C=O) groups is 1. The first-order chi connectivity index (χ1) is 34.7. The lowest BCUT2D eigenvalue weighted by Gasteiger charge is -2.49. The number of cyclic esters (lactones) is 1. The first-order valence-electron chi connectivity index (χ1n) is 26.8. The molecule has 19 nitrogen and oxygen atoms in total. The van der Waals surface area contributed by atoms with Crippen LogP contribution >= 0.6 is 0 Å². The fourth-order valence-corrected chi connectivity index (χ4v) is 11.4. The summed E-state index contributed by atoms with van der Waals surface area (Å²) in [6.45, 7) is 19.1. The van der Waals surface area contributed by atoms with Gasteiger partial charge in [0.05, 0.1) is 41.5 Å². The average Bonchev–Trinajstić information content (AvgIpc) is 3.35. The van der Waals surface area contributed by atoms with Gasteiger partial charge in [-0.1, -0.05) is 45.0 Å². The van der Waals surface area contributed by atoms with Gasteiger partial charge in [-0.15, -0.1) is 0 Å². The Morgan fingerprint density at radius 2 is 1.59 bits per heavy atom. The zero-order valence-corrected chi connectivity index (χ0v) is 46.5. The summed E-state index contributed by atoms with van der Waals surface area (Å²) in [7, 11) is 5.26. The monoisotopic (exact) mass is 1040 g/mol. The van der Waals surface area contributed by atoms with Crippen LogP contribution in [-0.2, 0) is 39.6 Å². The van der Waals surface area contributed by atoms with Gasteiger partial charge in [0.2, 0.25) is 0 Å². The summed E-state index contributed by atoms with van der Waals surface area (Å²) in [6, 6.07) is 7.42. The number of methoxy groups -OCH3 is 1. The number of hydrogen-bond donors (Lipinski definition) is 7. The molecule has 0 unspecified atom stereocenters. The third kappa shape index (κ3) is 15.6. The van der Waals surface area contributed by atoms with Crippen LogP contribution in [0.4, 0.5) is 0 Å². The van der Waals surface area contributed by atoms with E-state index in [9.17, 15) is 30.3 Å². The van der Waals surface area contributed by atoms with Crippen molar-refractivity contribution >= 4 is 5.97 Å². The molecule has 3 aliphatic rings. The number of aromatic nitrogens is 2. The van der Waals surface area contributed by atoms with Crippen LogP contribution in [0.25, 0.3) is 11.1 Å². The minimum Gasteiger partial charge on any atom is -0.459 e. The maximum absolute atomic E-state index is 14.5. The molecule has 18 atom stereocenters. The molecule has 0 amide bonds. The number of esters is 1. The lowest BCUT2D eigenvalue weighted by Crippen LogP contribution is -2.61. The van der Waals surface area contributed by atoms with Gasteiger partial charge in [-0.3, -0.25) is 4.79 Å². The third-order valence-corrected chi connectivity index (χ3v) is 16.2. The average molecular weight is 1040 g/mol. The van der Waals surface area contributed by atoms with E-state index in [0.29, 0.717) is 38.2 Å². The lowest BCUT2D eigenvalue weighted by molar-refractivity contribution is -0.318. The van der Waals surface area contributed by atoms with Crippen LogP contribution in [0.5, 0.6) is 0 Å². The Balaban J connectivity index is 1.33. The zero-order valence-electron chi connectivity index (χ0n) is 46.5. The molecule has 9 N–H and O–H groups in total. The minimum absolute atomic E-state index is 0.101. The summed E-state index contributed by atoms with van der Waals surface area (Å²) in [5.74, 6) is 3.60. The number of rotatable bonds is 17. The highest BCUT2D eigenvalue weighted by molar-refractivity contribution is 5.73. The van der Waals surface area contributed by atoms with Gasteiger partial charge < -0.3 is 74.5 Å². The predicted molar refractivity (Wildman–Crippen MR) is 281 cm³/mol. The van der Waals surface area contributed by atoms with Crippen LogP contribution < -0.4 is 11.6 Å². The molecule has 3 fully saturated rings. The van der Waals surface area contributed by atoms with E-state index in [4.69, 9.17) is 40.0 Å². The first kappa shape index (κ1) is 61.4. The van der Waals surface area contributed by atoms with E-state index in [2.05, 4.69) is 34.2 Å². The standard InChI is InChI=1S/C55H93N7O12/c1-14-44-55(10,68)48(64)37(6)61(12)30-33(2)26-53(8,67)50(35(4)47(36(5)51(66)72-44)73-45-27-54(9,69-13)49(65)38(7)71-45)74-52-46(63)43(25-34(3)70-52)60(11)24-22-42(56)31-62(57)23-16-15-17-39-18-20-40(21-19-39)41-28-58-32-59-29-41/h18-21,28-29,31-38,43-50,52,63-65,67-68H,14-17,22-27,30,56-57H2,1-13H3/b42-31-/t33-,34-,35+,36-,37-,38+,43+,44-,45+,46-,47+,48-,49+,50-,52+,53-,54-,55-/m1/s1. The van der Waals surface area contributed by atoms with Crippen LogP contribution in [0.1, 0.15) is 120 Å². The second-order valence-electron chi connectivity index (χ2n) is 22.7. The van der Waals surface area contributed by atoms with Crippen molar-refractivity contribution in [2.45, 2.75) is 211 Å². The van der Waals surface area contributed by atoms with Gasteiger partial charge in [0.15, 0.2) is 12.6 Å². The number of hydrazine groups is 1. The van der Waals surface area contributed by atoms with Gasteiger partial charge in [-0.2, -0.15) is 0 Å². The SMILES string of the molecule is CC[C@H]1OC(=O)[C@H](C)[C@@H](O[C@H]2C[C@@](C)(OC)[C@@H](O)[C@H](C)O2)[C@H](C)[C@@H](O[C@@H]2O[C@H](C)C[C@H](N(C)CC/C(N)=C/N(N)CCCCc3ccc(-c4cncnc4)cc3)[C@H]2O)[C@](C)(O)C[C@@H](C)CN(C)[C@H](C)[C@@H](O)[C@]1(C)O. The maximum atomic E-state index is 14.5. The molecule has 0 saturated carbocycles. The van der Waals surface area contributed by atoms with Crippen LogP contribution in [0.2, 0.25) is 0 Å². The van der Waals surface area contributed by atoms with Crippen molar-refractivity contribution < 1.29 is 58.7 Å². The summed E-state index contributed by atoms with van der Waals surface area (Å²) >= 11 is 0. The van der Waals surface area contributed by atoms with Crippen molar-refractivity contribution in [3.8, 4) is 11.1 Å². The van der Waals surface area contributed by atoms with Crippen molar-refractivity contribution in [2.75, 3.05) is 40.8 Å². The highest BCUT2D eigenvalue weighted by Crippen LogP contribution is 2.40. The van der Waals surface area contributed by atoms with Crippen LogP contribution in [-0.4, -0.2) is 187 Å². The van der Waals surface area contributed by atoms with Crippen LogP contribution in [0.15, 0.2) is 54.9 Å². The van der Waals surface area contributed by atoms with E-state index in [1.54, 1.807) is 65.1 Å². The topological polar surface area (TPSA) is 261 Å². The number of unbranched alkanes of at least 4 members (excludes halogenated alkanes) is 1. The largest absolute Gasteiger partial charge is 0.459 e. The molecule has 2 aromatic rings. The molecule has 1 aromatic heterocycles. The van der Waals surface area contributed by atoms with Gasteiger partial charge in [0, 0.05) is 87.4 Å². The van der Waals surface area contributed by atoms with Gasteiger partial charge in [0.1, 0.15) is 36.3 Å². The number of nitrogens with two attached hydrogens (primary N) is 2. The predicted octanol–water partition coefficient (Wildman–Crippen LogP) is 4.12. The number of ether oxygens (including phenoxy) is 6. The number of aliphatic hydroxyl groups is 5. The van der Waals surface area contributed by atoms with E-state index >= 15 is 0 Å². The Bertz CT molecular complexity index is 2060. The van der Waals surface area contributed by atoms with Crippen molar-refractivity contribution in [1.29, 1.82) is 0 Å². The second-order valence-corrected chi connectivity index (χ2v) is 22.7. The van der Waals surface area contributed by atoms with E-state index in [-0.39, 0.29) is 31.3 Å². The molecule has 3 saturated heterocycles. The fourth-order valence-electron chi connectivity index (χ4n) is 11.4. The number of aryl methyl sites for hydroxylation is 1. The molecular formula is C55H93N7O12. The zero-order chi connectivity index (χ0) is 54.9. The van der Waals surface area contributed by atoms with Crippen molar-refractivity contribution in [2.24, 2.45) is 29.3 Å². The number of hydrogen-bond acceptors (Lipinski definition) is 19. The lowest BCUT2D eigenvalue weighted by atomic mass is 9.77. The molecule has 0 aliphatic carbocycles. The molecule has 1 aromatic carbocycles. The summed E-state index contributed by atoms with van der Waals surface area (Å²) in [4.78, 5) is 26.7. The quantitative estimate of drug-likeness (QED) is 0.0509. The molecule has 4 heterocycles. The van der Waals surface area contributed by atoms with Crippen LogP contribution in [0, 0.1) is 17.8 Å². The summed E-state index contributed by atoms with van der Waals surface area (Å²) in [5.41, 5.74) is 5.88. The van der Waals surface area contributed by atoms with E-state index < -0.39 is 102 Å². The second kappa shape index (κ2) is 26.8. The molecule has 0 bridgehead atoms. The van der Waals surface area contributed by atoms with E-state index in [1.165, 1.54) is 25.9 Å². The smallest absolute Gasteiger partial charge is 0.311 e. The fraction of sp³-hybridized carbons (Fsp3) is 0.764. The summed E-state index contributed by atoms with van der Waals surface area (Å²) < 4.78 is 38.3. The van der Waals surface area contributed by atoms with Crippen molar-refractivity contribution in [1.82, 2.24) is 24.8 Å².